The predicted molar refractivity (Wildman–Crippen MR) is 59.4 cm³/mol. The van der Waals surface area contributed by atoms with E-state index >= 15 is 0 Å². The molecule has 0 heterocycles. The second-order valence-electron chi connectivity index (χ2n) is 3.37. The minimum atomic E-state index is -0.221. The molecule has 3 heteroatoms. The second-order valence-corrected chi connectivity index (χ2v) is 3.37. The van der Waals surface area contributed by atoms with Crippen molar-refractivity contribution in [2.45, 2.75) is 6.92 Å². The number of halogens is 1. The van der Waals surface area contributed by atoms with E-state index in [0.717, 1.165) is 16.5 Å². The quantitative estimate of drug-likeness (QED) is 0.768. The summed E-state index contributed by atoms with van der Waals surface area (Å²) in [5, 5.41) is 1.88. The third kappa shape index (κ3) is 2.96. The van der Waals surface area contributed by atoms with Gasteiger partial charge in [-0.25, -0.2) is 4.39 Å². The molecule has 0 spiro atoms. The molecule has 0 N–H and O–H groups in total. The van der Waals surface area contributed by atoms with Crippen LogP contribution in [0.4, 0.5) is 4.39 Å². The minimum Gasteiger partial charge on any atom is -0.525 e. The van der Waals surface area contributed by atoms with E-state index in [1.165, 1.54) is 12.1 Å². The Labute approximate surface area is 105 Å². The summed E-state index contributed by atoms with van der Waals surface area (Å²) in [4.78, 5) is 0. The van der Waals surface area contributed by atoms with E-state index in [-0.39, 0.29) is 22.6 Å². The van der Waals surface area contributed by atoms with Crippen LogP contribution in [0.25, 0.3) is 10.8 Å². The van der Waals surface area contributed by atoms with E-state index < -0.39 is 0 Å². The zero-order valence-electron chi connectivity index (χ0n) is 8.87. The van der Waals surface area contributed by atoms with Gasteiger partial charge < -0.3 is 4.74 Å². The summed E-state index contributed by atoms with van der Waals surface area (Å²) in [6, 6.07) is 10.4. The third-order valence-corrected chi connectivity index (χ3v) is 2.19. The third-order valence-electron chi connectivity index (χ3n) is 2.19. The summed E-state index contributed by atoms with van der Waals surface area (Å²) < 4.78 is 18.4. The van der Waals surface area contributed by atoms with Gasteiger partial charge in [-0.05, 0) is 41.6 Å². The van der Waals surface area contributed by atoms with Crippen molar-refractivity contribution in [3.63, 3.8) is 0 Å². The molecule has 0 bridgehead atoms. The number of fused-ring (bicyclic) bond motifs is 1. The molecule has 0 aromatic heterocycles. The molecule has 0 aliphatic rings. The van der Waals surface area contributed by atoms with Gasteiger partial charge >= 0.3 is 0 Å². The Morgan fingerprint density at radius 1 is 1.12 bits per heavy atom. The van der Waals surface area contributed by atoms with Gasteiger partial charge in [0, 0.05) is 16.8 Å². The van der Waals surface area contributed by atoms with Crippen LogP contribution in [0.2, 0.25) is 0 Å². The number of ether oxygens (including phenoxy) is 1. The van der Waals surface area contributed by atoms with E-state index in [0.29, 0.717) is 6.61 Å². The molecule has 2 aromatic carbocycles. The molecule has 87 valence electrons. The molecule has 0 unspecified atom stereocenters. The molecule has 1 nitrogen and oxygen atoms in total. The molecule has 16 heavy (non-hydrogen) atoms. The largest absolute Gasteiger partial charge is 0.525 e. The predicted octanol–water partition coefficient (Wildman–Crippen LogP) is 3.58. The summed E-state index contributed by atoms with van der Waals surface area (Å²) in [5.41, 5.74) is 0. The molecule has 0 saturated carbocycles. The Balaban J connectivity index is 0.00000128. The van der Waals surface area contributed by atoms with Crippen molar-refractivity contribution in [3.8, 4) is 5.75 Å². The number of hydrogen-bond acceptors (Lipinski definition) is 1. The van der Waals surface area contributed by atoms with Gasteiger partial charge in [0.2, 0.25) is 0 Å². The summed E-state index contributed by atoms with van der Waals surface area (Å²) >= 11 is 0. The molecule has 0 fully saturated rings. The number of hydrogen-bond donors (Lipinski definition) is 0. The maximum Gasteiger partial charge on any atom is 0.123 e. The van der Waals surface area contributed by atoms with E-state index in [1.54, 1.807) is 6.07 Å². The first-order valence-electron chi connectivity index (χ1n) is 4.89. The van der Waals surface area contributed by atoms with E-state index in [1.807, 2.05) is 31.5 Å². The second kappa shape index (κ2) is 5.87. The van der Waals surface area contributed by atoms with Gasteiger partial charge in [0.05, 0.1) is 0 Å². The van der Waals surface area contributed by atoms with Crippen molar-refractivity contribution in [2.75, 3.05) is 6.61 Å². The first-order valence-corrected chi connectivity index (χ1v) is 4.89. The summed E-state index contributed by atoms with van der Waals surface area (Å²) in [6.45, 7) is 2.50. The normalized spacial score (nSPS) is 9.88. The first-order chi connectivity index (χ1) is 7.29. The molecule has 2 rings (SSSR count). The molecular weight excluding hydrogens is 250 g/mol. The molecule has 0 aliphatic heterocycles. The topological polar surface area (TPSA) is 9.23 Å². The Bertz CT molecular complexity index is 470. The Morgan fingerprint density at radius 3 is 2.62 bits per heavy atom. The van der Waals surface area contributed by atoms with Crippen LogP contribution in [0, 0.1) is 12.2 Å². The molecule has 2 aromatic rings. The van der Waals surface area contributed by atoms with Gasteiger partial charge in [0.25, 0.3) is 0 Å². The zero-order valence-corrected chi connectivity index (χ0v) is 9.91. The van der Waals surface area contributed by atoms with Crippen molar-refractivity contribution in [2.24, 2.45) is 0 Å². The van der Waals surface area contributed by atoms with Crippen LogP contribution >= 0.6 is 0 Å². The summed E-state index contributed by atoms with van der Waals surface area (Å²) in [7, 11) is 0. The van der Waals surface area contributed by atoms with Gasteiger partial charge in [0.15, 0.2) is 0 Å². The van der Waals surface area contributed by atoms with Crippen molar-refractivity contribution >= 4 is 10.8 Å². The summed E-state index contributed by atoms with van der Waals surface area (Å²) in [6.07, 6.45) is 1.93. The summed E-state index contributed by atoms with van der Waals surface area (Å²) in [5.74, 6) is 0.549. The van der Waals surface area contributed by atoms with Gasteiger partial charge in [-0.15, -0.1) is 0 Å². The van der Waals surface area contributed by atoms with Crippen LogP contribution in [0.3, 0.4) is 0 Å². The fourth-order valence-corrected chi connectivity index (χ4v) is 1.47. The van der Waals surface area contributed by atoms with Crippen LogP contribution in [-0.2, 0) is 16.8 Å². The zero-order chi connectivity index (χ0) is 10.7. The molecular formula is C13H12CoFO-. The van der Waals surface area contributed by atoms with E-state index in [4.69, 9.17) is 4.74 Å². The maximum atomic E-state index is 13.0. The average Bonchev–Trinajstić information content (AvgIpc) is 2.25. The fourth-order valence-electron chi connectivity index (χ4n) is 1.47. The average molecular weight is 262 g/mol. The molecule has 0 saturated heterocycles. The molecule has 0 atom stereocenters. The van der Waals surface area contributed by atoms with Crippen molar-refractivity contribution in [3.05, 3.63) is 48.6 Å². The Kier molecular flexibility index (Phi) is 4.77. The van der Waals surface area contributed by atoms with E-state index in [2.05, 4.69) is 0 Å². The molecule has 0 aliphatic carbocycles. The molecule has 1 radical (unpaired) electrons. The van der Waals surface area contributed by atoms with Crippen LogP contribution < -0.4 is 4.74 Å². The molecule has 0 amide bonds. The van der Waals surface area contributed by atoms with Crippen LogP contribution in [0.5, 0.6) is 5.75 Å². The minimum absolute atomic E-state index is 0. The van der Waals surface area contributed by atoms with Crippen LogP contribution in [0.15, 0.2) is 36.4 Å². The Hall–Kier alpha value is -1.06. The van der Waals surface area contributed by atoms with Crippen molar-refractivity contribution < 1.29 is 25.9 Å². The monoisotopic (exact) mass is 262 g/mol. The van der Waals surface area contributed by atoms with Crippen LogP contribution in [-0.4, -0.2) is 6.61 Å². The van der Waals surface area contributed by atoms with Crippen molar-refractivity contribution in [1.82, 2.24) is 0 Å². The number of benzene rings is 2. The van der Waals surface area contributed by atoms with Gasteiger partial charge in [-0.2, -0.15) is 6.92 Å². The van der Waals surface area contributed by atoms with Crippen molar-refractivity contribution in [1.29, 1.82) is 0 Å². The number of rotatable bonds is 3. The fraction of sp³-hybridized carbons (Fsp3) is 0.154. The van der Waals surface area contributed by atoms with Gasteiger partial charge in [-0.3, -0.25) is 6.42 Å². The smallest absolute Gasteiger partial charge is 0.123 e. The van der Waals surface area contributed by atoms with Gasteiger partial charge in [-0.1, -0.05) is 12.1 Å². The first kappa shape index (κ1) is 13.0. The van der Waals surface area contributed by atoms with E-state index in [9.17, 15) is 4.39 Å². The maximum absolute atomic E-state index is 13.0. The standard InChI is InChI=1S/C13H12FO.Co/c1-2-7-15-13-6-4-10-3-5-12(14)8-11(10)9-13;/h2-6,8-9H,7H2,1H3;/q-1;. The Morgan fingerprint density at radius 2 is 1.88 bits per heavy atom. The van der Waals surface area contributed by atoms with Crippen LogP contribution in [0.1, 0.15) is 6.92 Å². The SMILES string of the molecule is C[CH-]COc1ccc2ccc(F)cc2c1.[Co]. The van der Waals surface area contributed by atoms with Gasteiger partial charge in [0.1, 0.15) is 11.6 Å².